The Kier molecular flexibility index (Phi) is 4.36. The first-order valence-corrected chi connectivity index (χ1v) is 6.10. The van der Waals surface area contributed by atoms with Crippen LogP contribution in [0, 0.1) is 0 Å². The highest BCUT2D eigenvalue weighted by atomic mass is 35.5. The minimum atomic E-state index is -0.259. The summed E-state index contributed by atoms with van der Waals surface area (Å²) in [6.45, 7) is 0.407. The van der Waals surface area contributed by atoms with Crippen LogP contribution in [0.5, 0.6) is 5.75 Å². The van der Waals surface area contributed by atoms with Crippen LogP contribution in [0.1, 0.15) is 16.1 Å². The van der Waals surface area contributed by atoms with E-state index in [9.17, 15) is 4.79 Å². The molecule has 0 saturated carbocycles. The first-order chi connectivity index (χ1) is 9.19. The van der Waals surface area contributed by atoms with E-state index in [1.165, 1.54) is 0 Å². The van der Waals surface area contributed by atoms with Crippen molar-refractivity contribution in [2.75, 3.05) is 7.11 Å². The molecule has 0 aliphatic rings. The molecule has 2 aromatic rings. The average molecular weight is 277 g/mol. The predicted molar refractivity (Wildman–Crippen MR) is 73.4 cm³/mol. The van der Waals surface area contributed by atoms with Gasteiger partial charge in [-0.3, -0.25) is 4.79 Å². The Bertz CT molecular complexity index is 587. The van der Waals surface area contributed by atoms with Gasteiger partial charge in [-0.1, -0.05) is 29.8 Å². The minimum Gasteiger partial charge on any atom is -0.497 e. The maximum Gasteiger partial charge on any atom is 0.270 e. The topological polar surface area (TPSA) is 51.2 Å². The van der Waals surface area contributed by atoms with Crippen LogP contribution in [0.25, 0.3) is 0 Å². The zero-order chi connectivity index (χ0) is 13.7. The quantitative estimate of drug-likeness (QED) is 0.874. The van der Waals surface area contributed by atoms with Crippen LogP contribution in [-0.2, 0) is 6.54 Å². The van der Waals surface area contributed by atoms with Gasteiger partial charge in [0.1, 0.15) is 16.6 Å². The number of methoxy groups -OCH3 is 1. The molecule has 0 fully saturated rings. The molecule has 4 nitrogen and oxygen atoms in total. The van der Waals surface area contributed by atoms with Gasteiger partial charge in [0, 0.05) is 6.54 Å². The molecule has 1 aromatic carbocycles. The number of nitrogens with one attached hydrogen (secondary N) is 1. The van der Waals surface area contributed by atoms with Gasteiger partial charge in [-0.05, 0) is 29.8 Å². The molecule has 19 heavy (non-hydrogen) atoms. The number of carbonyl (C=O) groups is 1. The standard InChI is InChI=1S/C14H13ClN2O2/c1-19-11-5-2-4-10(8-11)9-16-14(18)12-6-3-7-13(15)17-12/h2-8H,9H2,1H3,(H,16,18). The number of aromatic nitrogens is 1. The van der Waals surface area contributed by atoms with Crippen molar-refractivity contribution in [3.8, 4) is 5.75 Å². The number of hydrogen-bond donors (Lipinski definition) is 1. The molecule has 0 radical (unpaired) electrons. The van der Waals surface area contributed by atoms with E-state index in [2.05, 4.69) is 10.3 Å². The molecule has 2 rings (SSSR count). The van der Waals surface area contributed by atoms with Gasteiger partial charge in [0.15, 0.2) is 0 Å². The third-order valence-corrected chi connectivity index (χ3v) is 2.75. The van der Waals surface area contributed by atoms with Crippen molar-refractivity contribution in [1.29, 1.82) is 0 Å². The summed E-state index contributed by atoms with van der Waals surface area (Å²) < 4.78 is 5.12. The SMILES string of the molecule is COc1cccc(CNC(=O)c2cccc(Cl)n2)c1. The summed E-state index contributed by atoms with van der Waals surface area (Å²) in [5, 5.41) is 3.08. The number of carbonyl (C=O) groups excluding carboxylic acids is 1. The molecule has 1 heterocycles. The van der Waals surface area contributed by atoms with Crippen LogP contribution in [0.4, 0.5) is 0 Å². The Morgan fingerprint density at radius 1 is 1.32 bits per heavy atom. The Morgan fingerprint density at radius 2 is 2.11 bits per heavy atom. The molecule has 1 aromatic heterocycles. The van der Waals surface area contributed by atoms with Crippen molar-refractivity contribution >= 4 is 17.5 Å². The first kappa shape index (κ1) is 13.4. The van der Waals surface area contributed by atoms with E-state index in [1.807, 2.05) is 24.3 Å². The highest BCUT2D eigenvalue weighted by molar-refractivity contribution is 6.29. The number of hydrogen-bond acceptors (Lipinski definition) is 3. The summed E-state index contributed by atoms with van der Waals surface area (Å²) in [6.07, 6.45) is 0. The fourth-order valence-corrected chi connectivity index (χ4v) is 1.75. The second kappa shape index (κ2) is 6.20. The number of rotatable bonds is 4. The van der Waals surface area contributed by atoms with Crippen molar-refractivity contribution in [3.63, 3.8) is 0 Å². The largest absolute Gasteiger partial charge is 0.497 e. The fraction of sp³-hybridized carbons (Fsp3) is 0.143. The number of ether oxygens (including phenoxy) is 1. The normalized spacial score (nSPS) is 10.0. The van der Waals surface area contributed by atoms with E-state index in [0.717, 1.165) is 11.3 Å². The maximum atomic E-state index is 11.9. The molecule has 0 atom stereocenters. The molecule has 0 aliphatic carbocycles. The average Bonchev–Trinajstić information content (AvgIpc) is 2.45. The summed E-state index contributed by atoms with van der Waals surface area (Å²) in [6, 6.07) is 12.4. The number of nitrogens with zero attached hydrogens (tertiary/aromatic N) is 1. The van der Waals surface area contributed by atoms with Crippen molar-refractivity contribution in [2.24, 2.45) is 0 Å². The third kappa shape index (κ3) is 3.69. The Hall–Kier alpha value is -2.07. The smallest absolute Gasteiger partial charge is 0.270 e. The zero-order valence-corrected chi connectivity index (χ0v) is 11.1. The van der Waals surface area contributed by atoms with E-state index < -0.39 is 0 Å². The second-order valence-electron chi connectivity index (χ2n) is 3.88. The van der Waals surface area contributed by atoms with Gasteiger partial charge in [0.2, 0.25) is 0 Å². The van der Waals surface area contributed by atoms with Gasteiger partial charge >= 0.3 is 0 Å². The molecular weight excluding hydrogens is 264 g/mol. The van der Waals surface area contributed by atoms with E-state index in [1.54, 1.807) is 25.3 Å². The second-order valence-corrected chi connectivity index (χ2v) is 4.27. The Labute approximate surface area is 116 Å². The van der Waals surface area contributed by atoms with Gasteiger partial charge in [-0.15, -0.1) is 0 Å². The van der Waals surface area contributed by atoms with Gasteiger partial charge < -0.3 is 10.1 Å². The molecule has 0 saturated heterocycles. The van der Waals surface area contributed by atoms with Crippen molar-refractivity contribution in [2.45, 2.75) is 6.54 Å². The van der Waals surface area contributed by atoms with E-state index in [0.29, 0.717) is 17.4 Å². The number of halogens is 1. The number of benzene rings is 1. The minimum absolute atomic E-state index is 0.259. The Balaban J connectivity index is 2.00. The number of pyridine rings is 1. The third-order valence-electron chi connectivity index (χ3n) is 2.53. The Morgan fingerprint density at radius 3 is 2.84 bits per heavy atom. The van der Waals surface area contributed by atoms with Crippen LogP contribution in [0.15, 0.2) is 42.5 Å². The molecule has 0 spiro atoms. The summed E-state index contributed by atoms with van der Waals surface area (Å²) in [4.78, 5) is 15.8. The van der Waals surface area contributed by atoms with Crippen LogP contribution in [0.3, 0.4) is 0 Å². The molecular formula is C14H13ClN2O2. The van der Waals surface area contributed by atoms with Gasteiger partial charge in [0.25, 0.3) is 5.91 Å². The van der Waals surface area contributed by atoms with Gasteiger partial charge in [0.05, 0.1) is 7.11 Å². The summed E-state index contributed by atoms with van der Waals surface area (Å²) in [5.41, 5.74) is 1.25. The highest BCUT2D eigenvalue weighted by Gasteiger charge is 2.07. The maximum absolute atomic E-state index is 11.9. The summed E-state index contributed by atoms with van der Waals surface area (Å²) >= 11 is 5.74. The van der Waals surface area contributed by atoms with E-state index in [-0.39, 0.29) is 5.91 Å². The molecule has 1 N–H and O–H groups in total. The highest BCUT2D eigenvalue weighted by Crippen LogP contribution is 2.12. The number of amides is 1. The zero-order valence-electron chi connectivity index (χ0n) is 10.4. The molecule has 0 aliphatic heterocycles. The van der Waals surface area contributed by atoms with Crippen LogP contribution >= 0.6 is 11.6 Å². The monoisotopic (exact) mass is 276 g/mol. The van der Waals surface area contributed by atoms with Crippen molar-refractivity contribution < 1.29 is 9.53 Å². The van der Waals surface area contributed by atoms with Crippen molar-refractivity contribution in [3.05, 3.63) is 58.9 Å². The summed E-state index contributed by atoms with van der Waals surface area (Å²) in [5.74, 6) is 0.498. The lowest BCUT2D eigenvalue weighted by Crippen LogP contribution is -2.23. The lowest BCUT2D eigenvalue weighted by atomic mass is 10.2. The fourth-order valence-electron chi connectivity index (χ4n) is 1.59. The van der Waals surface area contributed by atoms with E-state index in [4.69, 9.17) is 16.3 Å². The molecule has 0 bridgehead atoms. The van der Waals surface area contributed by atoms with E-state index >= 15 is 0 Å². The lowest BCUT2D eigenvalue weighted by Gasteiger charge is -2.06. The predicted octanol–water partition coefficient (Wildman–Crippen LogP) is 2.67. The van der Waals surface area contributed by atoms with Crippen LogP contribution < -0.4 is 10.1 Å². The molecule has 0 unspecified atom stereocenters. The van der Waals surface area contributed by atoms with Crippen LogP contribution in [0.2, 0.25) is 5.15 Å². The van der Waals surface area contributed by atoms with Gasteiger partial charge in [-0.2, -0.15) is 0 Å². The summed E-state index contributed by atoms with van der Waals surface area (Å²) in [7, 11) is 1.60. The van der Waals surface area contributed by atoms with Crippen LogP contribution in [-0.4, -0.2) is 18.0 Å². The molecule has 5 heteroatoms. The first-order valence-electron chi connectivity index (χ1n) is 5.73. The molecule has 1 amide bonds. The molecule has 98 valence electrons. The van der Waals surface area contributed by atoms with Crippen molar-refractivity contribution in [1.82, 2.24) is 10.3 Å². The van der Waals surface area contributed by atoms with Gasteiger partial charge in [-0.25, -0.2) is 4.98 Å². The lowest BCUT2D eigenvalue weighted by molar-refractivity contribution is 0.0946.